The maximum Gasteiger partial charge on any atom is 0.380 e. The Balaban J connectivity index is 0.000000237. The van der Waals surface area contributed by atoms with E-state index in [2.05, 4.69) is 15.0 Å². The summed E-state index contributed by atoms with van der Waals surface area (Å²) in [4.78, 5) is 45.8. The van der Waals surface area contributed by atoms with Crippen LogP contribution < -0.4 is 13.6 Å². The van der Waals surface area contributed by atoms with E-state index in [9.17, 15) is 43.4 Å². The van der Waals surface area contributed by atoms with Gasteiger partial charge in [-0.25, -0.2) is 13.7 Å². The van der Waals surface area contributed by atoms with E-state index in [0.717, 1.165) is 0 Å². The molecular weight excluding hydrogens is 1640 g/mol. The molecule has 9 rings (SSSR count). The SMILES string of the molecule is [2H]C([2H])(OP(=O)(C[C@@H](C)C(=O)OC(C)C)Oc1ccccc1)[C@@H]1O[C@H](n2cc(C)c(=S)[nH]c2=S)[C@H](Cl)C1O.[2H]C([2H])(O[P@@](=O)(C[C@@H](C)C(=O)OC(C)C)Oc1ccccc1)[C@@H]1O[C@H](n2cc(C)c(=S)[nH]c2=S)[C@H](Cl)C1O.[2H]C([2H])(O[P@](=O)(C[C@@H](C)C(=O)OC(C)C)Oc1ccccc1)[C@@H]1O[C@H](n2cc(C)c(=S)[nH]c2=S)[C@H](Cl)C1O. The summed E-state index contributed by atoms with van der Waals surface area (Å²) in [6.45, 7) is 11.1. The van der Waals surface area contributed by atoms with Gasteiger partial charge in [-0.15, -0.1) is 34.8 Å². The van der Waals surface area contributed by atoms with Gasteiger partial charge < -0.3 is 72.3 Å². The van der Waals surface area contributed by atoms with Gasteiger partial charge >= 0.3 is 40.7 Å². The molecule has 18 atom stereocenters. The molecule has 3 saturated heterocycles. The normalized spacial score (nSPS) is 25.5. The van der Waals surface area contributed by atoms with Crippen LogP contribution in [0.1, 0.15) is 106 Å². The highest BCUT2D eigenvalue weighted by Gasteiger charge is 2.49. The van der Waals surface area contributed by atoms with Crippen molar-refractivity contribution in [1.82, 2.24) is 28.7 Å². The molecule has 27 nitrogen and oxygen atoms in total. The monoisotopic (exact) mass is 1730 g/mol. The molecule has 39 heteroatoms. The quantitative estimate of drug-likeness (QED) is 0.00802. The van der Waals surface area contributed by atoms with E-state index < -0.39 is 186 Å². The molecular formula is C69H90Cl3N6O21P3S6. The predicted molar refractivity (Wildman–Crippen MR) is 422 cm³/mol. The highest BCUT2D eigenvalue weighted by atomic mass is 35.5. The lowest BCUT2D eigenvalue weighted by molar-refractivity contribution is -0.152. The highest BCUT2D eigenvalue weighted by molar-refractivity contribution is 7.72. The molecule has 3 aromatic carbocycles. The largest absolute Gasteiger partial charge is 0.463 e. The number of aliphatic hydroxyl groups is 3. The van der Waals surface area contributed by atoms with Gasteiger partial charge in [-0.2, -0.15) is 0 Å². The summed E-state index contributed by atoms with van der Waals surface area (Å²) in [7, 11) is -13.2. The number of aliphatic hydroxyl groups excluding tert-OH is 3. The zero-order chi connectivity index (χ0) is 85.2. The summed E-state index contributed by atoms with van der Waals surface area (Å²) in [5.41, 5.74) is 1.96. The number of alkyl halides is 3. The van der Waals surface area contributed by atoms with Crippen molar-refractivity contribution in [3.05, 3.63) is 155 Å². The van der Waals surface area contributed by atoms with E-state index in [1.165, 1.54) is 70.9 Å². The van der Waals surface area contributed by atoms with Crippen LogP contribution in [0.15, 0.2) is 110 Å². The number of carbonyl (C=O) groups excluding carboxylic acids is 3. The van der Waals surface area contributed by atoms with Crippen LogP contribution in [0.25, 0.3) is 0 Å². The molecule has 0 aliphatic carbocycles. The van der Waals surface area contributed by atoms with Crippen molar-refractivity contribution in [2.75, 3.05) is 38.2 Å². The molecule has 0 spiro atoms. The highest BCUT2D eigenvalue weighted by Crippen LogP contribution is 2.54. The molecule has 3 aliphatic heterocycles. The molecule has 3 fully saturated rings. The molecule has 0 bridgehead atoms. The second-order valence-corrected chi connectivity index (χ2v) is 35.7. The van der Waals surface area contributed by atoms with Crippen LogP contribution in [0.2, 0.25) is 0 Å². The third-order valence-corrected chi connectivity index (χ3v) is 24.7. The molecule has 4 unspecified atom stereocenters. The van der Waals surface area contributed by atoms with Crippen molar-refractivity contribution in [2.24, 2.45) is 17.8 Å². The second kappa shape index (κ2) is 40.8. The summed E-state index contributed by atoms with van der Waals surface area (Å²) in [5.74, 6) is -4.41. The van der Waals surface area contributed by atoms with E-state index >= 15 is 0 Å². The minimum absolute atomic E-state index is 0.137. The first-order valence-corrected chi connectivity index (χ1v) is 42.5. The molecule has 108 heavy (non-hydrogen) atoms. The zero-order valence-corrected chi connectivity index (χ0v) is 70.2. The van der Waals surface area contributed by atoms with Crippen LogP contribution in [0.3, 0.4) is 0 Å². The molecule has 594 valence electrons. The average Bonchev–Trinajstić information content (AvgIpc) is 1.69. The van der Waals surface area contributed by atoms with E-state index in [1.54, 1.807) is 136 Å². The van der Waals surface area contributed by atoms with E-state index in [4.69, 9.17) is 172 Å². The first kappa shape index (κ1) is 81.3. The Labute approximate surface area is 680 Å². The Morgan fingerprint density at radius 1 is 0.444 bits per heavy atom. The first-order valence-electron chi connectivity index (χ1n) is 36.5. The van der Waals surface area contributed by atoms with E-state index in [1.807, 2.05) is 0 Å². The molecule has 0 amide bonds. The van der Waals surface area contributed by atoms with Crippen LogP contribution in [0.5, 0.6) is 17.2 Å². The fraction of sp³-hybridized carbons (Fsp3) is 0.522. The Morgan fingerprint density at radius 2 is 0.667 bits per heavy atom. The Morgan fingerprint density at radius 3 is 0.880 bits per heavy atom. The maximum absolute atomic E-state index is 13.9. The summed E-state index contributed by atoms with van der Waals surface area (Å²) in [6, 6.07) is 24.0. The number of esters is 3. The van der Waals surface area contributed by atoms with Gasteiger partial charge in [0.15, 0.2) is 33.0 Å². The Hall–Kier alpha value is -4.77. The smallest absolute Gasteiger partial charge is 0.380 e. The van der Waals surface area contributed by atoms with Crippen molar-refractivity contribution in [1.29, 1.82) is 0 Å². The van der Waals surface area contributed by atoms with Crippen LogP contribution in [-0.4, -0.2) is 171 Å². The third-order valence-electron chi connectivity index (χ3n) is 15.5. The molecule has 0 saturated carbocycles. The Bertz CT molecular complexity index is 4410. The average molecular weight is 1740 g/mol. The van der Waals surface area contributed by atoms with Crippen LogP contribution in [-0.2, 0) is 70.1 Å². The molecule has 3 aromatic heterocycles. The van der Waals surface area contributed by atoms with Gasteiger partial charge in [0, 0.05) is 35.3 Å². The predicted octanol–water partition coefficient (Wildman–Crippen LogP) is 16.0. The van der Waals surface area contributed by atoms with Gasteiger partial charge in [-0.3, -0.25) is 41.7 Å². The minimum atomic E-state index is -4.39. The van der Waals surface area contributed by atoms with Crippen molar-refractivity contribution in [2.45, 2.75) is 173 Å². The van der Waals surface area contributed by atoms with Crippen LogP contribution in [0.4, 0.5) is 0 Å². The molecule has 3 aliphatic rings. The lowest BCUT2D eigenvalue weighted by Gasteiger charge is -2.24. The number of aromatic amines is 3. The van der Waals surface area contributed by atoms with E-state index in [0.29, 0.717) is 30.6 Å². The molecule has 6 N–H and O–H groups in total. The summed E-state index contributed by atoms with van der Waals surface area (Å²) in [5, 5.41) is 29.1. The van der Waals surface area contributed by atoms with Crippen molar-refractivity contribution < 1.29 is 107 Å². The fourth-order valence-corrected chi connectivity index (χ4v) is 17.6. The summed E-state index contributed by atoms with van der Waals surface area (Å²) < 4.78 is 166. The first-order chi connectivity index (χ1) is 52.9. The molecule has 6 aromatic rings. The number of hydrogen-bond acceptors (Lipinski definition) is 27. The lowest BCUT2D eigenvalue weighted by Crippen LogP contribution is -2.31. The number of benzene rings is 3. The topological polar surface area (TPSA) is 336 Å². The van der Waals surface area contributed by atoms with Gasteiger partial charge in [0.05, 0.1) is 82.5 Å². The maximum atomic E-state index is 13.9. The third kappa shape index (κ3) is 25.6. The number of nitrogens with zero attached hydrogens (tertiary/aromatic N) is 3. The van der Waals surface area contributed by atoms with Crippen molar-refractivity contribution >= 4 is 149 Å². The number of nitrogens with one attached hydrogen (secondary N) is 3. The van der Waals surface area contributed by atoms with Gasteiger partial charge in [0.25, 0.3) is 0 Å². The van der Waals surface area contributed by atoms with Gasteiger partial charge in [0.1, 0.15) is 83.9 Å². The summed E-state index contributed by atoms with van der Waals surface area (Å²) in [6.07, 6.45) is -11.1. The van der Waals surface area contributed by atoms with E-state index in [-0.39, 0.29) is 31.6 Å². The van der Waals surface area contributed by atoms with Gasteiger partial charge in [-0.1, -0.05) is 112 Å². The lowest BCUT2D eigenvalue weighted by atomic mass is 10.2. The summed E-state index contributed by atoms with van der Waals surface area (Å²) >= 11 is 50.8. The number of aromatic nitrogens is 6. The molecule has 6 heterocycles. The number of rotatable bonds is 30. The number of para-hydroxylation sites is 3. The van der Waals surface area contributed by atoms with Crippen LogP contribution >= 0.6 is 131 Å². The fourth-order valence-electron chi connectivity index (χ4n) is 10.1. The Kier molecular flexibility index (Phi) is 30.7. The number of halogens is 3. The number of hydrogen-bond donors (Lipinski definition) is 6. The van der Waals surface area contributed by atoms with Crippen molar-refractivity contribution in [3.8, 4) is 17.2 Å². The van der Waals surface area contributed by atoms with Gasteiger partial charge in [-0.05, 0) is 135 Å². The number of aryl methyl sites for hydroxylation is 3. The number of H-pyrrole nitrogens is 3. The zero-order valence-electron chi connectivity index (χ0n) is 66.4. The van der Waals surface area contributed by atoms with Crippen molar-refractivity contribution in [3.63, 3.8) is 0 Å². The molecule has 0 radical (unpaired) electrons. The second-order valence-electron chi connectivity index (χ2n) is 26.0. The van der Waals surface area contributed by atoms with Gasteiger partial charge in [0.2, 0.25) is 0 Å². The standard InChI is InChI=1S/3C23H30ClN2O7PS2/c3*1-13(2)31-22(28)15(4)12-34(29,33-16-8-6-5-7-9-16)30-11-17-19(27)18(24)21(32-17)26-10-14(3)20(35)25-23(26)36/h3*5-10,13,15,17-19,21,27H,11-12H2,1-4H3,(H,25,35,36)/t15-,17+,18-,19?,21+,34?;15-,17+,18-,19?,21+,34+;15-,17+,18-,19?,21+,34-/m111/s1/i3*11D2. The minimum Gasteiger partial charge on any atom is -0.463 e. The number of carbonyl (C=O) groups is 3. The van der Waals surface area contributed by atoms with Crippen LogP contribution in [0, 0.1) is 66.8 Å². The number of ether oxygens (including phenoxy) is 6.